The fourth-order valence-electron chi connectivity index (χ4n) is 3.13. The first-order valence-corrected chi connectivity index (χ1v) is 11.7. The van der Waals surface area contributed by atoms with Crippen LogP contribution in [-0.2, 0) is 27.2 Å². The summed E-state index contributed by atoms with van der Waals surface area (Å²) in [5.41, 5.74) is 0.563. The summed E-state index contributed by atoms with van der Waals surface area (Å²) in [6.45, 7) is 3.62. The van der Waals surface area contributed by atoms with Gasteiger partial charge in [-0.25, -0.2) is 8.42 Å². The molecular weight excluding hydrogens is 465 g/mol. The maximum absolute atomic E-state index is 13.2. The van der Waals surface area contributed by atoms with Gasteiger partial charge in [-0.2, -0.15) is 13.2 Å². The van der Waals surface area contributed by atoms with E-state index < -0.39 is 27.5 Å². The normalized spacial score (nSPS) is 12.0. The molecule has 1 N–H and O–H groups in total. The van der Waals surface area contributed by atoms with E-state index in [1.807, 2.05) is 0 Å². The van der Waals surface area contributed by atoms with Gasteiger partial charge in [-0.3, -0.25) is 4.79 Å². The zero-order chi connectivity index (χ0) is 23.7. The maximum atomic E-state index is 13.2. The quantitative estimate of drug-likeness (QED) is 0.472. The van der Waals surface area contributed by atoms with Gasteiger partial charge in [0.25, 0.3) is 0 Å². The Bertz CT molecular complexity index is 1240. The van der Waals surface area contributed by atoms with Gasteiger partial charge < -0.3 is 9.84 Å². The molecular formula is C22H19F3O5S2. The molecule has 1 heterocycles. The van der Waals surface area contributed by atoms with Crippen LogP contribution in [0.2, 0.25) is 0 Å². The first-order chi connectivity index (χ1) is 14.9. The summed E-state index contributed by atoms with van der Waals surface area (Å²) in [4.78, 5) is 11.6. The topological polar surface area (TPSA) is 80.7 Å². The molecule has 0 saturated heterocycles. The molecule has 3 rings (SSSR count). The number of aryl methyl sites for hydroxylation is 1. The lowest BCUT2D eigenvalue weighted by atomic mass is 10.0. The van der Waals surface area contributed by atoms with Gasteiger partial charge in [0.1, 0.15) is 9.96 Å². The molecule has 0 amide bonds. The zero-order valence-electron chi connectivity index (χ0n) is 17.1. The fourth-order valence-corrected chi connectivity index (χ4v) is 6.01. The lowest BCUT2D eigenvalue weighted by Gasteiger charge is -2.11. The Balaban J connectivity index is 2.00. The highest BCUT2D eigenvalue weighted by atomic mass is 32.2. The third kappa shape index (κ3) is 4.97. The molecule has 0 atom stereocenters. The molecule has 0 aliphatic carbocycles. The van der Waals surface area contributed by atoms with E-state index in [0.29, 0.717) is 21.6 Å². The Kier molecular flexibility index (Phi) is 6.66. The first-order valence-electron chi connectivity index (χ1n) is 9.44. The van der Waals surface area contributed by atoms with Crippen LogP contribution in [0.3, 0.4) is 0 Å². The van der Waals surface area contributed by atoms with Crippen molar-refractivity contribution < 1.29 is 36.2 Å². The van der Waals surface area contributed by atoms with Gasteiger partial charge in [-0.15, -0.1) is 11.3 Å². The van der Waals surface area contributed by atoms with E-state index in [9.17, 15) is 26.4 Å². The molecule has 0 saturated carbocycles. The van der Waals surface area contributed by atoms with E-state index in [2.05, 4.69) is 0 Å². The molecule has 0 aliphatic heterocycles. The molecule has 0 spiro atoms. The van der Waals surface area contributed by atoms with E-state index in [1.54, 1.807) is 13.8 Å². The predicted octanol–water partition coefficient (Wildman–Crippen LogP) is 5.60. The number of aliphatic carboxylic acids is 1. The molecule has 0 bridgehead atoms. The molecule has 5 nitrogen and oxygen atoms in total. The summed E-state index contributed by atoms with van der Waals surface area (Å²) >= 11 is 1.01. The van der Waals surface area contributed by atoms with Crippen LogP contribution in [0.4, 0.5) is 13.2 Å². The highest BCUT2D eigenvalue weighted by Gasteiger charge is 2.30. The Morgan fingerprint density at radius 3 is 2.31 bits per heavy atom. The van der Waals surface area contributed by atoms with Crippen molar-refractivity contribution in [3.63, 3.8) is 0 Å². The SMILES string of the molecule is CCOc1cc(S(=O)(=O)c2cc(-c3ccc(C(F)(F)F)cc3)c(C)s2)ccc1CC(=O)O. The third-order valence-corrected chi connectivity index (χ3v) is 7.95. The summed E-state index contributed by atoms with van der Waals surface area (Å²) < 4.78 is 70.3. The highest BCUT2D eigenvalue weighted by Crippen LogP contribution is 2.38. The second-order valence-electron chi connectivity index (χ2n) is 6.89. The number of hydrogen-bond acceptors (Lipinski definition) is 5. The average Bonchev–Trinajstić information content (AvgIpc) is 3.11. The van der Waals surface area contributed by atoms with Crippen molar-refractivity contribution in [1.29, 1.82) is 0 Å². The molecule has 0 fully saturated rings. The third-order valence-electron chi connectivity index (χ3n) is 4.67. The number of carboxylic acids is 1. The summed E-state index contributed by atoms with van der Waals surface area (Å²) in [6, 6.07) is 9.98. The smallest absolute Gasteiger partial charge is 0.416 e. The van der Waals surface area contributed by atoms with Crippen LogP contribution in [0.15, 0.2) is 57.6 Å². The van der Waals surface area contributed by atoms with Crippen molar-refractivity contribution in [3.8, 4) is 16.9 Å². The van der Waals surface area contributed by atoms with E-state index in [-0.39, 0.29) is 27.9 Å². The van der Waals surface area contributed by atoms with Crippen molar-refractivity contribution in [2.45, 2.75) is 35.5 Å². The Morgan fingerprint density at radius 1 is 1.09 bits per heavy atom. The number of carboxylic acid groups (broad SMARTS) is 1. The summed E-state index contributed by atoms with van der Waals surface area (Å²) in [7, 11) is -3.96. The van der Waals surface area contributed by atoms with Crippen molar-refractivity contribution in [2.75, 3.05) is 6.61 Å². The van der Waals surface area contributed by atoms with Crippen LogP contribution in [0.5, 0.6) is 5.75 Å². The molecule has 0 unspecified atom stereocenters. The van der Waals surface area contributed by atoms with Crippen LogP contribution in [-0.4, -0.2) is 26.1 Å². The molecule has 0 aliphatic rings. The largest absolute Gasteiger partial charge is 0.494 e. The molecule has 2 aromatic carbocycles. The minimum Gasteiger partial charge on any atom is -0.494 e. The first kappa shape index (κ1) is 23.8. The standard InChI is InChI=1S/C22H19F3O5S2/c1-3-30-19-11-17(9-6-15(19)10-20(26)27)32(28,29)21-12-18(13(2)31-21)14-4-7-16(8-5-14)22(23,24)25/h4-9,11-12H,3,10H2,1-2H3,(H,26,27). The van der Waals surface area contributed by atoms with Crippen LogP contribution in [0.1, 0.15) is 22.9 Å². The minimum absolute atomic E-state index is 0.0262. The van der Waals surface area contributed by atoms with Gasteiger partial charge in [0.05, 0.1) is 23.5 Å². The second kappa shape index (κ2) is 8.95. The van der Waals surface area contributed by atoms with Crippen molar-refractivity contribution >= 4 is 27.1 Å². The number of sulfone groups is 1. The zero-order valence-corrected chi connectivity index (χ0v) is 18.7. The lowest BCUT2D eigenvalue weighted by Crippen LogP contribution is -2.06. The van der Waals surface area contributed by atoms with E-state index in [4.69, 9.17) is 9.84 Å². The van der Waals surface area contributed by atoms with Gasteiger partial charge >= 0.3 is 12.1 Å². The number of benzene rings is 2. The molecule has 170 valence electrons. The summed E-state index contributed by atoms with van der Waals surface area (Å²) in [5, 5.41) is 9.04. The van der Waals surface area contributed by atoms with E-state index >= 15 is 0 Å². The van der Waals surface area contributed by atoms with Crippen molar-refractivity contribution in [3.05, 3.63) is 64.5 Å². The van der Waals surface area contributed by atoms with Gasteiger partial charge in [0.2, 0.25) is 9.84 Å². The lowest BCUT2D eigenvalue weighted by molar-refractivity contribution is -0.138. The van der Waals surface area contributed by atoms with Gasteiger partial charge in [0.15, 0.2) is 0 Å². The van der Waals surface area contributed by atoms with Crippen LogP contribution in [0.25, 0.3) is 11.1 Å². The number of rotatable bonds is 7. The highest BCUT2D eigenvalue weighted by molar-refractivity contribution is 7.93. The molecule has 3 aromatic rings. The maximum Gasteiger partial charge on any atom is 0.416 e. The van der Waals surface area contributed by atoms with E-state index in [1.165, 1.54) is 36.4 Å². The van der Waals surface area contributed by atoms with Gasteiger partial charge in [-0.05, 0) is 55.3 Å². The van der Waals surface area contributed by atoms with Gasteiger partial charge in [0, 0.05) is 10.4 Å². The number of hydrogen-bond donors (Lipinski definition) is 1. The predicted molar refractivity (Wildman–Crippen MR) is 114 cm³/mol. The monoisotopic (exact) mass is 484 g/mol. The van der Waals surface area contributed by atoms with Crippen molar-refractivity contribution in [2.24, 2.45) is 0 Å². The van der Waals surface area contributed by atoms with Crippen LogP contribution in [0, 0.1) is 6.92 Å². The second-order valence-corrected chi connectivity index (χ2v) is 10.3. The number of halogens is 3. The molecule has 1 aromatic heterocycles. The molecule has 32 heavy (non-hydrogen) atoms. The number of thiophene rings is 1. The number of carbonyl (C=O) groups is 1. The van der Waals surface area contributed by atoms with Crippen molar-refractivity contribution in [1.82, 2.24) is 0 Å². The van der Waals surface area contributed by atoms with E-state index in [0.717, 1.165) is 23.5 Å². The molecule has 10 heteroatoms. The van der Waals surface area contributed by atoms with Crippen LogP contribution < -0.4 is 4.74 Å². The summed E-state index contributed by atoms with van der Waals surface area (Å²) in [5.74, 6) is -0.899. The number of alkyl halides is 3. The average molecular weight is 485 g/mol. The Morgan fingerprint density at radius 2 is 1.75 bits per heavy atom. The number of ether oxygens (including phenoxy) is 1. The Labute approximate surface area is 187 Å². The fraction of sp³-hybridized carbons (Fsp3) is 0.227. The Hall–Kier alpha value is -2.85. The molecule has 0 radical (unpaired) electrons. The van der Waals surface area contributed by atoms with Crippen LogP contribution >= 0.6 is 11.3 Å². The summed E-state index contributed by atoms with van der Waals surface area (Å²) in [6.07, 6.45) is -4.77. The minimum atomic E-state index is -4.46. The van der Waals surface area contributed by atoms with Gasteiger partial charge in [-0.1, -0.05) is 18.2 Å².